The van der Waals surface area contributed by atoms with E-state index < -0.39 is 6.10 Å². The van der Waals surface area contributed by atoms with Gasteiger partial charge in [0.05, 0.1) is 0 Å². The predicted octanol–water partition coefficient (Wildman–Crippen LogP) is 1.26. The summed E-state index contributed by atoms with van der Waals surface area (Å²) in [6.07, 6.45) is 1.39. The van der Waals surface area contributed by atoms with E-state index in [2.05, 4.69) is 9.88 Å². The van der Waals surface area contributed by atoms with Crippen LogP contribution in [0.25, 0.3) is 0 Å². The van der Waals surface area contributed by atoms with Crippen molar-refractivity contribution < 1.29 is 5.11 Å². The van der Waals surface area contributed by atoms with E-state index in [9.17, 15) is 5.11 Å². The first-order chi connectivity index (χ1) is 5.59. The molecule has 1 aromatic heterocycles. The molecule has 0 radical (unpaired) electrons. The average molecular weight is 186 g/mol. The molecule has 1 atom stereocenters. The molecule has 0 aliphatic carbocycles. The highest BCUT2D eigenvalue weighted by Gasteiger charge is 2.06. The second-order valence-corrected chi connectivity index (χ2v) is 4.23. The Labute approximate surface area is 76.7 Å². The van der Waals surface area contributed by atoms with Crippen molar-refractivity contribution >= 4 is 11.3 Å². The summed E-state index contributed by atoms with van der Waals surface area (Å²) in [6, 6.07) is 0. The van der Waals surface area contributed by atoms with Crippen LogP contribution in [0.2, 0.25) is 0 Å². The summed E-state index contributed by atoms with van der Waals surface area (Å²) in [6.45, 7) is 2.63. The Morgan fingerprint density at radius 1 is 1.67 bits per heavy atom. The van der Waals surface area contributed by atoms with E-state index >= 15 is 0 Å². The molecule has 0 aromatic carbocycles. The van der Waals surface area contributed by atoms with Crippen molar-refractivity contribution in [3.8, 4) is 0 Å². The lowest BCUT2D eigenvalue weighted by atomic mass is 10.4. The predicted molar refractivity (Wildman–Crippen MR) is 50.1 cm³/mol. The van der Waals surface area contributed by atoms with Crippen LogP contribution in [-0.4, -0.2) is 29.1 Å². The zero-order chi connectivity index (χ0) is 9.14. The van der Waals surface area contributed by atoms with Crippen LogP contribution in [0.3, 0.4) is 0 Å². The molecule has 0 spiro atoms. The highest BCUT2D eigenvalue weighted by atomic mass is 32.1. The minimum Gasteiger partial charge on any atom is -0.386 e. The van der Waals surface area contributed by atoms with Gasteiger partial charge in [-0.25, -0.2) is 4.98 Å². The number of hydrogen-bond donors (Lipinski definition) is 1. The van der Waals surface area contributed by atoms with Gasteiger partial charge in [-0.1, -0.05) is 0 Å². The number of rotatable bonds is 3. The molecule has 1 rings (SSSR count). The van der Waals surface area contributed by atoms with Gasteiger partial charge in [0.15, 0.2) is 0 Å². The van der Waals surface area contributed by atoms with Gasteiger partial charge >= 0.3 is 0 Å². The van der Waals surface area contributed by atoms with Crippen LogP contribution in [-0.2, 0) is 6.54 Å². The Bertz CT molecular complexity index is 245. The summed E-state index contributed by atoms with van der Waals surface area (Å²) in [7, 11) is 4.03. The van der Waals surface area contributed by atoms with Gasteiger partial charge in [-0.05, 0) is 21.0 Å². The zero-order valence-corrected chi connectivity index (χ0v) is 8.43. The Balaban J connectivity index is 2.64. The number of hydrogen-bond acceptors (Lipinski definition) is 4. The molecular weight excluding hydrogens is 172 g/mol. The minimum absolute atomic E-state index is 0.439. The van der Waals surface area contributed by atoms with Crippen LogP contribution in [0, 0.1) is 0 Å². The first kappa shape index (κ1) is 9.64. The molecule has 1 N–H and O–H groups in total. The average Bonchev–Trinajstić information content (AvgIpc) is 2.34. The molecule has 0 amide bonds. The Morgan fingerprint density at radius 3 is 2.75 bits per heavy atom. The van der Waals surface area contributed by atoms with E-state index in [4.69, 9.17) is 0 Å². The van der Waals surface area contributed by atoms with E-state index in [0.717, 1.165) is 11.6 Å². The number of aromatic nitrogens is 1. The fraction of sp³-hybridized carbons (Fsp3) is 0.625. The van der Waals surface area contributed by atoms with Gasteiger partial charge in [-0.15, -0.1) is 11.3 Å². The second-order valence-electron chi connectivity index (χ2n) is 3.08. The summed E-state index contributed by atoms with van der Waals surface area (Å²) >= 11 is 1.57. The lowest BCUT2D eigenvalue weighted by Crippen LogP contribution is -2.09. The summed E-state index contributed by atoms with van der Waals surface area (Å²) in [4.78, 5) is 7.38. The molecule has 0 saturated heterocycles. The van der Waals surface area contributed by atoms with E-state index in [1.807, 2.05) is 20.3 Å². The summed E-state index contributed by atoms with van der Waals surface area (Å²) in [5.74, 6) is 0. The Morgan fingerprint density at radius 2 is 2.33 bits per heavy atom. The number of aliphatic hydroxyl groups is 1. The molecule has 1 aromatic rings. The molecule has 0 fully saturated rings. The van der Waals surface area contributed by atoms with Crippen LogP contribution in [0.4, 0.5) is 0 Å². The van der Waals surface area contributed by atoms with Gasteiger partial charge < -0.3 is 10.0 Å². The van der Waals surface area contributed by atoms with Gasteiger partial charge in [0.25, 0.3) is 0 Å². The normalized spacial score (nSPS) is 13.8. The SMILES string of the molecule is C[C@@H](O)c1ncc(CN(C)C)s1. The molecule has 0 aliphatic rings. The van der Waals surface area contributed by atoms with Crippen molar-refractivity contribution in [2.75, 3.05) is 14.1 Å². The van der Waals surface area contributed by atoms with E-state index in [-0.39, 0.29) is 0 Å². The molecule has 0 unspecified atom stereocenters. The standard InChI is InChI=1S/C8H14N2OS/c1-6(11)8-9-4-7(12-8)5-10(2)3/h4,6,11H,5H2,1-3H3/t6-/m1/s1. The maximum atomic E-state index is 9.21. The third kappa shape index (κ3) is 2.55. The van der Waals surface area contributed by atoms with Crippen molar-refractivity contribution in [3.05, 3.63) is 16.1 Å². The van der Waals surface area contributed by atoms with E-state index in [1.54, 1.807) is 18.3 Å². The topological polar surface area (TPSA) is 36.4 Å². The fourth-order valence-corrected chi connectivity index (χ4v) is 1.87. The van der Waals surface area contributed by atoms with Crippen molar-refractivity contribution in [1.29, 1.82) is 0 Å². The number of aliphatic hydroxyl groups excluding tert-OH is 1. The first-order valence-electron chi connectivity index (χ1n) is 3.87. The third-order valence-corrected chi connectivity index (χ3v) is 2.55. The molecule has 12 heavy (non-hydrogen) atoms. The second kappa shape index (κ2) is 3.98. The van der Waals surface area contributed by atoms with Gasteiger partial charge in [0, 0.05) is 17.6 Å². The van der Waals surface area contributed by atoms with Gasteiger partial charge in [-0.3, -0.25) is 0 Å². The largest absolute Gasteiger partial charge is 0.386 e. The van der Waals surface area contributed by atoms with Crippen LogP contribution >= 0.6 is 11.3 Å². The van der Waals surface area contributed by atoms with E-state index in [0.29, 0.717) is 0 Å². The highest BCUT2D eigenvalue weighted by Crippen LogP contribution is 2.19. The van der Waals surface area contributed by atoms with Crippen molar-refractivity contribution in [1.82, 2.24) is 9.88 Å². The van der Waals surface area contributed by atoms with Crippen LogP contribution in [0.5, 0.6) is 0 Å². The number of thiazole rings is 1. The van der Waals surface area contributed by atoms with Gasteiger partial charge in [0.2, 0.25) is 0 Å². The molecule has 0 bridgehead atoms. The number of nitrogens with zero attached hydrogens (tertiary/aromatic N) is 2. The Kier molecular flexibility index (Phi) is 3.20. The van der Waals surface area contributed by atoms with Crippen LogP contribution < -0.4 is 0 Å². The smallest absolute Gasteiger partial charge is 0.121 e. The van der Waals surface area contributed by atoms with Crippen LogP contribution in [0.15, 0.2) is 6.20 Å². The molecule has 1 heterocycles. The molecular formula is C8H14N2OS. The first-order valence-corrected chi connectivity index (χ1v) is 4.68. The highest BCUT2D eigenvalue weighted by molar-refractivity contribution is 7.11. The monoisotopic (exact) mass is 186 g/mol. The fourth-order valence-electron chi connectivity index (χ4n) is 0.901. The van der Waals surface area contributed by atoms with Gasteiger partial charge in [0.1, 0.15) is 11.1 Å². The molecule has 68 valence electrons. The lowest BCUT2D eigenvalue weighted by molar-refractivity contribution is 0.199. The summed E-state index contributed by atoms with van der Waals surface area (Å²) in [5, 5.41) is 10.0. The maximum Gasteiger partial charge on any atom is 0.121 e. The molecule has 3 nitrogen and oxygen atoms in total. The molecule has 4 heteroatoms. The maximum absolute atomic E-state index is 9.21. The summed E-state index contributed by atoms with van der Waals surface area (Å²) in [5.41, 5.74) is 0. The summed E-state index contributed by atoms with van der Waals surface area (Å²) < 4.78 is 0. The zero-order valence-electron chi connectivity index (χ0n) is 7.61. The lowest BCUT2D eigenvalue weighted by Gasteiger charge is -2.05. The van der Waals surface area contributed by atoms with Crippen molar-refractivity contribution in [2.45, 2.75) is 19.6 Å². The van der Waals surface area contributed by atoms with Crippen molar-refractivity contribution in [3.63, 3.8) is 0 Å². The van der Waals surface area contributed by atoms with Crippen LogP contribution in [0.1, 0.15) is 22.9 Å². The third-order valence-electron chi connectivity index (χ3n) is 1.40. The van der Waals surface area contributed by atoms with E-state index in [1.165, 1.54) is 4.88 Å². The quantitative estimate of drug-likeness (QED) is 0.772. The van der Waals surface area contributed by atoms with Gasteiger partial charge in [-0.2, -0.15) is 0 Å². The molecule has 0 aliphatic heterocycles. The Hall–Kier alpha value is -0.450. The molecule has 0 saturated carbocycles. The minimum atomic E-state index is -0.439. The van der Waals surface area contributed by atoms with Crippen molar-refractivity contribution in [2.24, 2.45) is 0 Å².